The number of benzene rings is 3. The number of aromatic nitrogens is 2. The maximum atomic E-state index is 12.6. The van der Waals surface area contributed by atoms with Crippen LogP contribution < -0.4 is 0 Å². The molecule has 0 bridgehead atoms. The molecule has 0 amide bonds. The van der Waals surface area contributed by atoms with Crippen molar-refractivity contribution in [2.24, 2.45) is 5.41 Å². The van der Waals surface area contributed by atoms with Crippen LogP contribution in [0.25, 0.3) is 34.0 Å². The van der Waals surface area contributed by atoms with Gasteiger partial charge in [0, 0.05) is 11.1 Å². The number of ether oxygens (including phenoxy) is 2. The van der Waals surface area contributed by atoms with Crippen LogP contribution in [0, 0.1) is 5.41 Å². The Morgan fingerprint density at radius 3 is 1.89 bits per heavy atom. The van der Waals surface area contributed by atoms with Crippen molar-refractivity contribution in [3.05, 3.63) is 83.9 Å². The number of hydrogen-bond acceptors (Lipinski definition) is 6. The van der Waals surface area contributed by atoms with E-state index in [0.29, 0.717) is 18.4 Å². The van der Waals surface area contributed by atoms with Crippen molar-refractivity contribution in [3.8, 4) is 34.0 Å². The maximum Gasteiger partial charge on any atom is 0.313 e. The molecule has 3 aromatic carbocycles. The minimum Gasteiger partial charge on any atom is -0.433 e. The molecule has 0 N–H and O–H groups in total. The van der Waals surface area contributed by atoms with E-state index in [0.717, 1.165) is 41.5 Å². The number of unbranched alkanes of at least 4 members (excludes halogenated alkanes) is 5. The van der Waals surface area contributed by atoms with Crippen LogP contribution >= 0.6 is 0 Å². The maximum absolute atomic E-state index is 12.6. The van der Waals surface area contributed by atoms with E-state index in [1.807, 2.05) is 26.0 Å². The summed E-state index contributed by atoms with van der Waals surface area (Å²) in [6, 6.07) is 25.4. The van der Waals surface area contributed by atoms with Crippen molar-refractivity contribution < 1.29 is 18.7 Å². The Morgan fingerprint density at radius 1 is 0.795 bits per heavy atom. The van der Waals surface area contributed by atoms with Gasteiger partial charge < -0.3 is 13.9 Å². The van der Waals surface area contributed by atoms with Gasteiger partial charge in [0.25, 0.3) is 0 Å². The summed E-state index contributed by atoms with van der Waals surface area (Å²) in [7, 11) is 0. The second-order valence-corrected chi connectivity index (χ2v) is 12.7. The van der Waals surface area contributed by atoms with Crippen molar-refractivity contribution in [2.75, 3.05) is 6.61 Å². The highest BCUT2D eigenvalue weighted by atomic mass is 16.8. The summed E-state index contributed by atoms with van der Waals surface area (Å²) in [6.07, 6.45) is 10.3. The Morgan fingerprint density at radius 2 is 1.32 bits per heavy atom. The van der Waals surface area contributed by atoms with Gasteiger partial charge in [-0.15, -0.1) is 10.2 Å². The van der Waals surface area contributed by atoms with Gasteiger partial charge in [-0.25, -0.2) is 0 Å². The van der Waals surface area contributed by atoms with E-state index in [1.54, 1.807) is 0 Å². The summed E-state index contributed by atoms with van der Waals surface area (Å²) in [4.78, 5) is 12.6. The average Bonchev–Trinajstić information content (AvgIpc) is 3.73. The lowest BCUT2D eigenvalue weighted by molar-refractivity contribution is -0.159. The number of esters is 1. The minimum atomic E-state index is -0.577. The van der Waals surface area contributed by atoms with Crippen LogP contribution in [0.1, 0.15) is 96.1 Å². The first-order chi connectivity index (χ1) is 21.4. The zero-order valence-electron chi connectivity index (χ0n) is 26.7. The zero-order chi connectivity index (χ0) is 30.9. The summed E-state index contributed by atoms with van der Waals surface area (Å²) in [5.74, 6) is 1.12. The fourth-order valence-corrected chi connectivity index (χ4v) is 5.72. The number of hydrogen-bond donors (Lipinski definition) is 0. The third-order valence-electron chi connectivity index (χ3n) is 8.64. The van der Waals surface area contributed by atoms with Crippen LogP contribution in [0.2, 0.25) is 0 Å². The molecule has 6 nitrogen and oxygen atoms in total. The minimum absolute atomic E-state index is 0.194. The van der Waals surface area contributed by atoms with Crippen molar-refractivity contribution in [2.45, 2.75) is 97.7 Å². The molecular formula is C38H46N2O4. The number of nitrogens with zero attached hydrogens (tertiary/aromatic N) is 2. The highest BCUT2D eigenvalue weighted by Crippen LogP contribution is 2.37. The molecular weight excluding hydrogens is 548 g/mol. The highest BCUT2D eigenvalue weighted by molar-refractivity contribution is 5.76. The van der Waals surface area contributed by atoms with Crippen LogP contribution in [-0.4, -0.2) is 29.1 Å². The molecule has 0 aliphatic carbocycles. The molecule has 5 rings (SSSR count). The number of rotatable bonds is 16. The average molecular weight is 595 g/mol. The van der Waals surface area contributed by atoms with E-state index in [1.165, 1.54) is 49.7 Å². The normalized spacial score (nSPS) is 15.2. The Bertz CT molecular complexity index is 1470. The van der Waals surface area contributed by atoms with Gasteiger partial charge >= 0.3 is 5.97 Å². The van der Waals surface area contributed by atoms with Crippen LogP contribution in [0.5, 0.6) is 0 Å². The van der Waals surface area contributed by atoms with Gasteiger partial charge in [0.2, 0.25) is 18.1 Å². The van der Waals surface area contributed by atoms with E-state index < -0.39 is 5.41 Å². The zero-order valence-corrected chi connectivity index (χ0v) is 26.7. The lowest BCUT2D eigenvalue weighted by Crippen LogP contribution is -2.29. The van der Waals surface area contributed by atoms with E-state index in [2.05, 4.69) is 84.7 Å². The molecule has 44 heavy (non-hydrogen) atoms. The van der Waals surface area contributed by atoms with Gasteiger partial charge in [-0.05, 0) is 92.0 Å². The van der Waals surface area contributed by atoms with Crippen molar-refractivity contribution in [1.82, 2.24) is 10.2 Å². The Hall–Kier alpha value is -3.77. The van der Waals surface area contributed by atoms with Gasteiger partial charge in [0.05, 0.1) is 5.41 Å². The third-order valence-corrected chi connectivity index (χ3v) is 8.64. The largest absolute Gasteiger partial charge is 0.433 e. The number of epoxide rings is 1. The van der Waals surface area contributed by atoms with E-state index in [9.17, 15) is 4.79 Å². The van der Waals surface area contributed by atoms with Crippen LogP contribution in [-0.2, 0) is 20.7 Å². The van der Waals surface area contributed by atoms with Crippen molar-refractivity contribution in [3.63, 3.8) is 0 Å². The van der Waals surface area contributed by atoms with Gasteiger partial charge in [-0.2, -0.15) is 0 Å². The topological polar surface area (TPSA) is 77.8 Å². The lowest BCUT2D eigenvalue weighted by Gasteiger charge is -2.27. The molecule has 0 spiro atoms. The van der Waals surface area contributed by atoms with Gasteiger partial charge in [-0.1, -0.05) is 94.5 Å². The SMILES string of the molecule is CCCCCCCCc1ccc(-c2nnc(-c3ccc(-c4ccc(C(CC)CC(C)(C)C(=O)OC5CO5)cc4)cc3)o2)cc1. The first-order valence-corrected chi connectivity index (χ1v) is 16.3. The third kappa shape index (κ3) is 8.44. The molecule has 0 radical (unpaired) electrons. The molecule has 1 saturated heterocycles. The summed E-state index contributed by atoms with van der Waals surface area (Å²) in [6.45, 7) is 8.83. The van der Waals surface area contributed by atoms with Crippen LogP contribution in [0.4, 0.5) is 0 Å². The fourth-order valence-electron chi connectivity index (χ4n) is 5.72. The summed E-state index contributed by atoms with van der Waals surface area (Å²) < 4.78 is 16.5. The number of carbonyl (C=O) groups excluding carboxylic acids is 1. The second-order valence-electron chi connectivity index (χ2n) is 12.7. The second kappa shape index (κ2) is 14.8. The first-order valence-electron chi connectivity index (χ1n) is 16.3. The molecule has 2 unspecified atom stereocenters. The predicted octanol–water partition coefficient (Wildman–Crippen LogP) is 9.78. The Balaban J connectivity index is 1.17. The summed E-state index contributed by atoms with van der Waals surface area (Å²) in [5.41, 5.74) is 6.08. The smallest absolute Gasteiger partial charge is 0.313 e. The molecule has 0 saturated carbocycles. The van der Waals surface area contributed by atoms with Gasteiger partial charge in [0.1, 0.15) is 6.61 Å². The highest BCUT2D eigenvalue weighted by Gasteiger charge is 2.37. The molecule has 1 fully saturated rings. The molecule has 4 aromatic rings. The molecule has 232 valence electrons. The van der Waals surface area contributed by atoms with Crippen LogP contribution in [0.3, 0.4) is 0 Å². The Kier molecular flexibility index (Phi) is 10.6. The van der Waals surface area contributed by atoms with Crippen molar-refractivity contribution in [1.29, 1.82) is 0 Å². The van der Waals surface area contributed by atoms with E-state index in [-0.39, 0.29) is 18.2 Å². The standard InChI is InChI=1S/C38H46N2O4/c1-5-7-8-9-10-11-12-27-13-15-32(16-14-27)35-39-40-36(44-35)33-23-21-31(22-24-33)30-19-17-29(18-20-30)28(6-2)25-38(3,4)37(41)43-34-26-42-34/h13-24,28,34H,5-12,25-26H2,1-4H3. The van der Waals surface area contributed by atoms with E-state index >= 15 is 0 Å². The summed E-state index contributed by atoms with van der Waals surface area (Å²) >= 11 is 0. The van der Waals surface area contributed by atoms with Crippen LogP contribution in [0.15, 0.2) is 77.2 Å². The Labute approximate surface area is 262 Å². The first kappa shape index (κ1) is 31.6. The molecule has 2 atom stereocenters. The summed E-state index contributed by atoms with van der Waals surface area (Å²) in [5, 5.41) is 8.63. The lowest BCUT2D eigenvalue weighted by atomic mass is 9.78. The molecule has 1 aromatic heterocycles. The molecule has 1 aliphatic heterocycles. The predicted molar refractivity (Wildman–Crippen MR) is 175 cm³/mol. The van der Waals surface area contributed by atoms with Gasteiger partial charge in [0.15, 0.2) is 0 Å². The molecule has 2 heterocycles. The quantitative estimate of drug-likeness (QED) is 0.0730. The number of aryl methyl sites for hydroxylation is 1. The fraction of sp³-hybridized carbons (Fsp3) is 0.447. The molecule has 1 aliphatic rings. The monoisotopic (exact) mass is 594 g/mol. The number of carbonyl (C=O) groups is 1. The van der Waals surface area contributed by atoms with Gasteiger partial charge in [-0.3, -0.25) is 4.79 Å². The molecule has 6 heteroatoms. The van der Waals surface area contributed by atoms with E-state index in [4.69, 9.17) is 13.9 Å². The van der Waals surface area contributed by atoms with Crippen molar-refractivity contribution >= 4 is 5.97 Å².